The van der Waals surface area contributed by atoms with E-state index < -0.39 is 23.4 Å². The summed E-state index contributed by atoms with van der Waals surface area (Å²) in [6.45, 7) is 3.29. The molecule has 29 heavy (non-hydrogen) atoms. The molecule has 0 saturated carbocycles. The SMILES string of the molecule is C=CCOc1ccc(C(=O)OCC(=O)Nc2ccc([N+](=O)[O-])cc2Br)cc1OC. The van der Waals surface area contributed by atoms with Gasteiger partial charge >= 0.3 is 5.97 Å². The van der Waals surface area contributed by atoms with Gasteiger partial charge < -0.3 is 19.5 Å². The van der Waals surface area contributed by atoms with Gasteiger partial charge in [-0.2, -0.15) is 0 Å². The van der Waals surface area contributed by atoms with Crippen LogP contribution in [-0.2, 0) is 9.53 Å². The highest BCUT2D eigenvalue weighted by molar-refractivity contribution is 9.10. The summed E-state index contributed by atoms with van der Waals surface area (Å²) in [6, 6.07) is 8.33. The van der Waals surface area contributed by atoms with Crippen LogP contribution >= 0.6 is 15.9 Å². The Morgan fingerprint density at radius 3 is 2.62 bits per heavy atom. The number of methoxy groups -OCH3 is 1. The van der Waals surface area contributed by atoms with Crippen molar-refractivity contribution in [2.45, 2.75) is 0 Å². The second kappa shape index (κ2) is 10.2. The quantitative estimate of drug-likeness (QED) is 0.260. The van der Waals surface area contributed by atoms with Gasteiger partial charge in [0.25, 0.3) is 11.6 Å². The van der Waals surface area contributed by atoms with E-state index in [0.717, 1.165) is 0 Å². The van der Waals surface area contributed by atoms with Crippen LogP contribution in [0.4, 0.5) is 11.4 Å². The molecule has 0 aliphatic rings. The second-order valence-corrected chi connectivity index (χ2v) is 6.37. The molecule has 2 aromatic carbocycles. The van der Waals surface area contributed by atoms with Crippen LogP contribution in [0.5, 0.6) is 11.5 Å². The van der Waals surface area contributed by atoms with E-state index in [1.165, 1.54) is 37.4 Å². The minimum Gasteiger partial charge on any atom is -0.493 e. The molecular formula is C19H17BrN2O7. The monoisotopic (exact) mass is 464 g/mol. The topological polar surface area (TPSA) is 117 Å². The molecule has 0 heterocycles. The molecule has 9 nitrogen and oxygen atoms in total. The number of hydrogen-bond donors (Lipinski definition) is 1. The third-order valence-corrected chi connectivity index (χ3v) is 4.18. The number of nitrogens with zero attached hydrogens (tertiary/aromatic N) is 1. The van der Waals surface area contributed by atoms with E-state index in [-0.39, 0.29) is 17.9 Å². The zero-order valence-electron chi connectivity index (χ0n) is 15.3. The number of rotatable bonds is 9. The van der Waals surface area contributed by atoms with Gasteiger partial charge in [0, 0.05) is 16.6 Å². The van der Waals surface area contributed by atoms with E-state index in [1.807, 2.05) is 0 Å². The third kappa shape index (κ3) is 6.04. The fourth-order valence-corrected chi connectivity index (χ4v) is 2.65. The minimum atomic E-state index is -0.725. The van der Waals surface area contributed by atoms with Crippen LogP contribution in [0.3, 0.4) is 0 Å². The average molecular weight is 465 g/mol. The third-order valence-electron chi connectivity index (χ3n) is 3.53. The molecule has 2 aromatic rings. The van der Waals surface area contributed by atoms with E-state index >= 15 is 0 Å². The van der Waals surface area contributed by atoms with Crippen molar-refractivity contribution in [3.8, 4) is 11.5 Å². The Labute approximate surface area is 174 Å². The van der Waals surface area contributed by atoms with Crippen LogP contribution in [0.25, 0.3) is 0 Å². The molecule has 152 valence electrons. The van der Waals surface area contributed by atoms with Crippen LogP contribution in [0.2, 0.25) is 0 Å². The zero-order chi connectivity index (χ0) is 21.4. The first kappa shape index (κ1) is 21.9. The Hall–Kier alpha value is -3.40. The van der Waals surface area contributed by atoms with Crippen molar-refractivity contribution in [1.82, 2.24) is 0 Å². The molecule has 2 rings (SSSR count). The highest BCUT2D eigenvalue weighted by Gasteiger charge is 2.15. The number of anilines is 1. The molecule has 10 heteroatoms. The van der Waals surface area contributed by atoms with E-state index in [2.05, 4.69) is 27.8 Å². The van der Waals surface area contributed by atoms with E-state index in [1.54, 1.807) is 12.1 Å². The maximum Gasteiger partial charge on any atom is 0.338 e. The largest absolute Gasteiger partial charge is 0.493 e. The number of nitro benzene ring substituents is 1. The zero-order valence-corrected chi connectivity index (χ0v) is 16.9. The molecule has 0 aliphatic heterocycles. The lowest BCUT2D eigenvalue weighted by molar-refractivity contribution is -0.384. The maximum atomic E-state index is 12.2. The number of nitro groups is 1. The summed E-state index contributed by atoms with van der Waals surface area (Å²) in [6.07, 6.45) is 1.57. The number of carbonyl (C=O) groups is 2. The van der Waals surface area contributed by atoms with Gasteiger partial charge in [-0.3, -0.25) is 14.9 Å². The predicted molar refractivity (Wildman–Crippen MR) is 108 cm³/mol. The van der Waals surface area contributed by atoms with Crippen molar-refractivity contribution in [2.24, 2.45) is 0 Å². The van der Waals surface area contributed by atoms with Crippen molar-refractivity contribution in [3.05, 3.63) is 69.2 Å². The Balaban J connectivity index is 1.97. The molecule has 0 saturated heterocycles. The van der Waals surface area contributed by atoms with Gasteiger partial charge in [-0.05, 0) is 40.2 Å². The van der Waals surface area contributed by atoms with Crippen LogP contribution < -0.4 is 14.8 Å². The smallest absolute Gasteiger partial charge is 0.338 e. The number of non-ortho nitro benzene ring substituents is 1. The van der Waals surface area contributed by atoms with Crippen molar-refractivity contribution >= 4 is 39.2 Å². The van der Waals surface area contributed by atoms with Crippen LogP contribution in [0.1, 0.15) is 10.4 Å². The maximum absolute atomic E-state index is 12.2. The number of nitrogens with one attached hydrogen (secondary N) is 1. The predicted octanol–water partition coefficient (Wildman–Crippen LogP) is 3.73. The number of amides is 1. The summed E-state index contributed by atoms with van der Waals surface area (Å²) in [4.78, 5) is 34.4. The lowest BCUT2D eigenvalue weighted by Crippen LogP contribution is -2.21. The molecule has 0 aliphatic carbocycles. The van der Waals surface area contributed by atoms with E-state index in [0.29, 0.717) is 21.7 Å². The van der Waals surface area contributed by atoms with Gasteiger partial charge in [-0.1, -0.05) is 12.7 Å². The fraction of sp³-hybridized carbons (Fsp3) is 0.158. The molecule has 0 unspecified atom stereocenters. The summed E-state index contributed by atoms with van der Waals surface area (Å²) in [5.74, 6) is -0.562. The molecular weight excluding hydrogens is 448 g/mol. The first-order chi connectivity index (χ1) is 13.8. The Kier molecular flexibility index (Phi) is 7.72. The van der Waals surface area contributed by atoms with Gasteiger partial charge in [0.1, 0.15) is 6.61 Å². The summed E-state index contributed by atoms with van der Waals surface area (Å²) in [5, 5.41) is 13.2. The van der Waals surface area contributed by atoms with Crippen LogP contribution in [-0.4, -0.2) is 37.1 Å². The molecule has 0 atom stereocenters. The molecule has 0 spiro atoms. The molecule has 0 radical (unpaired) electrons. The van der Waals surface area contributed by atoms with Crippen molar-refractivity contribution in [3.63, 3.8) is 0 Å². The van der Waals surface area contributed by atoms with Crippen LogP contribution in [0, 0.1) is 10.1 Å². The lowest BCUT2D eigenvalue weighted by atomic mass is 10.2. The van der Waals surface area contributed by atoms with Gasteiger partial charge in [0.05, 0.1) is 23.3 Å². The number of hydrogen-bond acceptors (Lipinski definition) is 7. The van der Waals surface area contributed by atoms with Crippen molar-refractivity contribution in [2.75, 3.05) is 25.6 Å². The fourth-order valence-electron chi connectivity index (χ4n) is 2.18. The summed E-state index contributed by atoms with van der Waals surface area (Å²) < 4.78 is 15.9. The van der Waals surface area contributed by atoms with Crippen LogP contribution in [0.15, 0.2) is 53.5 Å². The van der Waals surface area contributed by atoms with Gasteiger partial charge in [0.15, 0.2) is 18.1 Å². The molecule has 0 aromatic heterocycles. The number of benzene rings is 2. The normalized spacial score (nSPS) is 10.0. The van der Waals surface area contributed by atoms with E-state index in [4.69, 9.17) is 14.2 Å². The minimum absolute atomic E-state index is 0.129. The molecule has 1 amide bonds. The highest BCUT2D eigenvalue weighted by atomic mass is 79.9. The van der Waals surface area contributed by atoms with Crippen molar-refractivity contribution < 1.29 is 28.7 Å². The number of esters is 1. The molecule has 0 fully saturated rings. The number of halogens is 1. The average Bonchev–Trinajstić information content (AvgIpc) is 2.71. The van der Waals surface area contributed by atoms with E-state index in [9.17, 15) is 19.7 Å². The Bertz CT molecular complexity index is 946. The summed E-state index contributed by atoms with van der Waals surface area (Å²) >= 11 is 3.14. The van der Waals surface area contributed by atoms with Gasteiger partial charge in [-0.25, -0.2) is 4.79 Å². The standard InChI is InChI=1S/C19H17BrN2O7/c1-3-8-28-16-7-4-12(9-17(16)27-2)19(24)29-11-18(23)21-15-6-5-13(22(25)26)10-14(15)20/h3-7,9-10H,1,8,11H2,2H3,(H,21,23). The lowest BCUT2D eigenvalue weighted by Gasteiger charge is -2.11. The molecule has 1 N–H and O–H groups in total. The number of carbonyl (C=O) groups excluding carboxylic acids is 2. The first-order valence-electron chi connectivity index (χ1n) is 8.18. The van der Waals surface area contributed by atoms with Crippen molar-refractivity contribution in [1.29, 1.82) is 0 Å². The highest BCUT2D eigenvalue weighted by Crippen LogP contribution is 2.29. The Morgan fingerprint density at radius 2 is 2.00 bits per heavy atom. The first-order valence-corrected chi connectivity index (χ1v) is 8.97. The summed E-state index contributed by atoms with van der Waals surface area (Å²) in [5.41, 5.74) is 0.356. The Morgan fingerprint density at radius 1 is 1.24 bits per heavy atom. The van der Waals surface area contributed by atoms with Gasteiger partial charge in [-0.15, -0.1) is 0 Å². The molecule has 0 bridgehead atoms. The summed E-state index contributed by atoms with van der Waals surface area (Å²) in [7, 11) is 1.43. The number of ether oxygens (including phenoxy) is 3. The second-order valence-electron chi connectivity index (χ2n) is 5.51. The van der Waals surface area contributed by atoms with Gasteiger partial charge in [0.2, 0.25) is 0 Å².